The summed E-state index contributed by atoms with van der Waals surface area (Å²) < 4.78 is 16.5. The van der Waals surface area contributed by atoms with Gasteiger partial charge in [-0.15, -0.1) is 0 Å². The SMILES string of the molecule is COc1ccc2oc(=O)cc(NC3CCN(Cc4ccc(OCCCN(C)C)cc4)CC3)c2c1. The van der Waals surface area contributed by atoms with Gasteiger partial charge in [0.25, 0.3) is 0 Å². The largest absolute Gasteiger partial charge is 0.497 e. The molecule has 2 aromatic carbocycles. The maximum atomic E-state index is 12.0. The van der Waals surface area contributed by atoms with Crippen molar-refractivity contribution in [2.24, 2.45) is 0 Å². The molecule has 0 aliphatic carbocycles. The summed E-state index contributed by atoms with van der Waals surface area (Å²) in [7, 11) is 5.79. The van der Waals surface area contributed by atoms with Crippen LogP contribution in [0.2, 0.25) is 0 Å². The lowest BCUT2D eigenvalue weighted by atomic mass is 10.0. The predicted octanol–water partition coefficient (Wildman–Crippen LogP) is 4.21. The molecule has 1 fully saturated rings. The van der Waals surface area contributed by atoms with E-state index in [0.29, 0.717) is 11.6 Å². The Morgan fingerprint density at radius 3 is 2.50 bits per heavy atom. The second-order valence-electron chi connectivity index (χ2n) is 9.19. The van der Waals surface area contributed by atoms with E-state index in [9.17, 15) is 4.79 Å². The highest BCUT2D eigenvalue weighted by atomic mass is 16.5. The van der Waals surface area contributed by atoms with Crippen LogP contribution in [0.5, 0.6) is 11.5 Å². The summed E-state index contributed by atoms with van der Waals surface area (Å²) in [4.78, 5) is 16.7. The molecule has 0 unspecified atom stereocenters. The fourth-order valence-corrected chi connectivity index (χ4v) is 4.36. The quantitative estimate of drug-likeness (QED) is 0.355. The van der Waals surface area contributed by atoms with E-state index >= 15 is 0 Å². The number of methoxy groups -OCH3 is 1. The Bertz CT molecular complexity index is 1120. The minimum atomic E-state index is -0.345. The fourth-order valence-electron chi connectivity index (χ4n) is 4.36. The molecule has 7 nitrogen and oxygen atoms in total. The number of hydrogen-bond acceptors (Lipinski definition) is 7. The Kier molecular flexibility index (Phi) is 8.08. The maximum Gasteiger partial charge on any atom is 0.338 e. The molecule has 182 valence electrons. The Labute approximate surface area is 201 Å². The lowest BCUT2D eigenvalue weighted by molar-refractivity contribution is 0.211. The average Bonchev–Trinajstić information content (AvgIpc) is 2.83. The Morgan fingerprint density at radius 1 is 1.06 bits per heavy atom. The van der Waals surface area contributed by atoms with Crippen LogP contribution in [-0.2, 0) is 6.54 Å². The van der Waals surface area contributed by atoms with Gasteiger partial charge >= 0.3 is 5.63 Å². The number of piperidine rings is 1. The first-order chi connectivity index (χ1) is 16.5. The minimum absolute atomic E-state index is 0.311. The highest BCUT2D eigenvalue weighted by Crippen LogP contribution is 2.28. The lowest BCUT2D eigenvalue weighted by Crippen LogP contribution is -2.38. The van der Waals surface area contributed by atoms with Crippen molar-refractivity contribution in [3.63, 3.8) is 0 Å². The Hall–Kier alpha value is -3.03. The Balaban J connectivity index is 1.28. The molecule has 4 rings (SSSR count). The summed E-state index contributed by atoms with van der Waals surface area (Å²) in [6.07, 6.45) is 3.05. The number of nitrogens with zero attached hydrogens (tertiary/aromatic N) is 2. The summed E-state index contributed by atoms with van der Waals surface area (Å²) >= 11 is 0. The van der Waals surface area contributed by atoms with Gasteiger partial charge in [0.1, 0.15) is 17.1 Å². The maximum absolute atomic E-state index is 12.0. The van der Waals surface area contributed by atoms with Crippen LogP contribution in [0.3, 0.4) is 0 Å². The van der Waals surface area contributed by atoms with E-state index in [4.69, 9.17) is 13.9 Å². The molecular weight excluding hydrogens is 430 g/mol. The zero-order valence-corrected chi connectivity index (χ0v) is 20.4. The van der Waals surface area contributed by atoms with E-state index in [1.807, 2.05) is 6.07 Å². The first kappa shape index (κ1) is 24.1. The number of hydrogen-bond donors (Lipinski definition) is 1. The fraction of sp³-hybridized carbons (Fsp3) is 0.444. The van der Waals surface area contributed by atoms with Gasteiger partial charge in [0, 0.05) is 43.7 Å². The van der Waals surface area contributed by atoms with Gasteiger partial charge in [-0.05, 0) is 69.3 Å². The minimum Gasteiger partial charge on any atom is -0.497 e. The van der Waals surface area contributed by atoms with Crippen molar-refractivity contribution in [3.05, 3.63) is 64.5 Å². The molecule has 0 radical (unpaired) electrons. The van der Waals surface area contributed by atoms with E-state index in [2.05, 4.69) is 53.5 Å². The summed E-state index contributed by atoms with van der Waals surface area (Å²) in [5.41, 5.74) is 2.33. The predicted molar refractivity (Wildman–Crippen MR) is 136 cm³/mol. The number of fused-ring (bicyclic) bond motifs is 1. The molecule has 1 aliphatic heterocycles. The third-order valence-electron chi connectivity index (χ3n) is 6.24. The van der Waals surface area contributed by atoms with Crippen LogP contribution in [0.1, 0.15) is 24.8 Å². The normalized spacial score (nSPS) is 15.1. The zero-order valence-electron chi connectivity index (χ0n) is 20.4. The highest BCUT2D eigenvalue weighted by Gasteiger charge is 2.20. The molecule has 0 amide bonds. The molecule has 7 heteroatoms. The topological polar surface area (TPSA) is 67.2 Å². The number of nitrogens with one attached hydrogen (secondary N) is 1. The van der Waals surface area contributed by atoms with Gasteiger partial charge in [-0.1, -0.05) is 12.1 Å². The third kappa shape index (κ3) is 6.52. The summed E-state index contributed by atoms with van der Waals surface area (Å²) in [6, 6.07) is 15.8. The highest BCUT2D eigenvalue weighted by molar-refractivity contribution is 5.90. The van der Waals surface area contributed by atoms with Crippen molar-refractivity contribution in [1.29, 1.82) is 0 Å². The van der Waals surface area contributed by atoms with Crippen LogP contribution in [-0.4, -0.2) is 63.3 Å². The van der Waals surface area contributed by atoms with Crippen molar-refractivity contribution in [1.82, 2.24) is 9.80 Å². The van der Waals surface area contributed by atoms with Gasteiger partial charge in [0.05, 0.1) is 19.4 Å². The van der Waals surface area contributed by atoms with Crippen LogP contribution < -0.4 is 20.4 Å². The van der Waals surface area contributed by atoms with E-state index < -0.39 is 0 Å². The van der Waals surface area contributed by atoms with Crippen molar-refractivity contribution in [2.75, 3.05) is 52.8 Å². The molecule has 0 atom stereocenters. The standard InChI is InChI=1S/C27H35N3O4/c1-29(2)13-4-16-33-22-7-5-20(6-8-22)19-30-14-11-21(12-15-30)28-25-18-27(31)34-26-10-9-23(32-3)17-24(25)26/h5-10,17-18,21,28H,4,11-16,19H2,1-3H3. The monoisotopic (exact) mass is 465 g/mol. The molecule has 34 heavy (non-hydrogen) atoms. The number of benzene rings is 2. The summed E-state index contributed by atoms with van der Waals surface area (Å²) in [5, 5.41) is 4.44. The molecule has 1 aromatic heterocycles. The summed E-state index contributed by atoms with van der Waals surface area (Å²) in [6.45, 7) is 4.71. The molecule has 0 saturated carbocycles. The van der Waals surface area contributed by atoms with Crippen molar-refractivity contribution in [3.8, 4) is 11.5 Å². The van der Waals surface area contributed by atoms with Crippen molar-refractivity contribution in [2.45, 2.75) is 31.8 Å². The number of ether oxygens (including phenoxy) is 2. The van der Waals surface area contributed by atoms with E-state index in [-0.39, 0.29) is 5.63 Å². The second kappa shape index (κ2) is 11.4. The van der Waals surface area contributed by atoms with Gasteiger partial charge in [-0.25, -0.2) is 4.79 Å². The van der Waals surface area contributed by atoms with E-state index in [1.165, 1.54) is 11.6 Å². The van der Waals surface area contributed by atoms with Crippen LogP contribution >= 0.6 is 0 Å². The van der Waals surface area contributed by atoms with Crippen molar-refractivity contribution >= 4 is 16.7 Å². The van der Waals surface area contributed by atoms with Crippen LogP contribution in [0, 0.1) is 0 Å². The molecular formula is C27H35N3O4. The molecule has 2 heterocycles. The average molecular weight is 466 g/mol. The number of anilines is 1. The second-order valence-corrected chi connectivity index (χ2v) is 9.19. The van der Waals surface area contributed by atoms with Crippen LogP contribution in [0.15, 0.2) is 57.7 Å². The van der Waals surface area contributed by atoms with Gasteiger partial charge in [0.15, 0.2) is 0 Å². The molecule has 1 saturated heterocycles. The number of rotatable bonds is 10. The van der Waals surface area contributed by atoms with Crippen LogP contribution in [0.4, 0.5) is 5.69 Å². The van der Waals surface area contributed by atoms with Crippen molar-refractivity contribution < 1.29 is 13.9 Å². The molecule has 0 spiro atoms. The lowest BCUT2D eigenvalue weighted by Gasteiger charge is -2.33. The summed E-state index contributed by atoms with van der Waals surface area (Å²) in [5.74, 6) is 1.67. The van der Waals surface area contributed by atoms with Gasteiger partial charge in [0.2, 0.25) is 0 Å². The first-order valence-corrected chi connectivity index (χ1v) is 12.0. The Morgan fingerprint density at radius 2 is 1.79 bits per heavy atom. The van der Waals surface area contributed by atoms with Gasteiger partial charge < -0.3 is 24.1 Å². The molecule has 1 N–H and O–H groups in total. The third-order valence-corrected chi connectivity index (χ3v) is 6.24. The van der Waals surface area contributed by atoms with Gasteiger partial charge in [-0.3, -0.25) is 4.90 Å². The van der Waals surface area contributed by atoms with E-state index in [0.717, 1.165) is 74.6 Å². The van der Waals surface area contributed by atoms with Crippen LogP contribution in [0.25, 0.3) is 11.0 Å². The zero-order chi connectivity index (χ0) is 23.9. The first-order valence-electron chi connectivity index (χ1n) is 12.0. The van der Waals surface area contributed by atoms with Gasteiger partial charge in [-0.2, -0.15) is 0 Å². The molecule has 0 bridgehead atoms. The number of likely N-dealkylation sites (tertiary alicyclic amines) is 1. The van der Waals surface area contributed by atoms with E-state index in [1.54, 1.807) is 19.2 Å². The smallest absolute Gasteiger partial charge is 0.338 e. The molecule has 1 aliphatic rings. The molecule has 3 aromatic rings.